The molecule has 2 aromatic rings. The fourth-order valence-corrected chi connectivity index (χ4v) is 5.10. The van der Waals surface area contributed by atoms with E-state index in [2.05, 4.69) is 22.3 Å². The van der Waals surface area contributed by atoms with Crippen LogP contribution in [0.15, 0.2) is 30.3 Å². The minimum Gasteiger partial charge on any atom is -0.387 e. The maximum absolute atomic E-state index is 15.0. The summed E-state index contributed by atoms with van der Waals surface area (Å²) in [7, 11) is 0. The zero-order valence-corrected chi connectivity index (χ0v) is 18.1. The van der Waals surface area contributed by atoms with Crippen molar-refractivity contribution in [3.63, 3.8) is 0 Å². The summed E-state index contributed by atoms with van der Waals surface area (Å²) in [5.41, 5.74) is 3.68. The molecule has 5 rings (SSSR count). The molecule has 170 valence electrons. The van der Waals surface area contributed by atoms with E-state index in [1.165, 1.54) is 5.56 Å². The lowest BCUT2D eigenvalue weighted by atomic mass is 9.82. The molecule has 1 saturated heterocycles. The summed E-state index contributed by atoms with van der Waals surface area (Å²) in [5.74, 6) is -0.544. The molecule has 0 spiro atoms. The number of β-amino-alcohol motifs (C(OH)–C–C–N with tert-alkyl or cyclic N) is 1. The van der Waals surface area contributed by atoms with Crippen LogP contribution in [-0.2, 0) is 34.6 Å². The van der Waals surface area contributed by atoms with Gasteiger partial charge in [-0.05, 0) is 48.4 Å². The predicted molar refractivity (Wildman–Crippen MR) is 118 cm³/mol. The lowest BCUT2D eigenvalue weighted by Crippen LogP contribution is -2.44. The first-order valence-electron chi connectivity index (χ1n) is 11.4. The van der Waals surface area contributed by atoms with Gasteiger partial charge in [-0.1, -0.05) is 24.3 Å². The molecule has 1 unspecified atom stereocenters. The summed E-state index contributed by atoms with van der Waals surface area (Å²) < 4.78 is 20.5. The van der Waals surface area contributed by atoms with Crippen LogP contribution in [0.4, 0.5) is 10.1 Å². The number of ether oxygens (including phenoxy) is 1. The van der Waals surface area contributed by atoms with Gasteiger partial charge in [-0.3, -0.25) is 4.79 Å². The Morgan fingerprint density at radius 3 is 2.75 bits per heavy atom. The van der Waals surface area contributed by atoms with E-state index in [0.29, 0.717) is 56.8 Å². The predicted octanol–water partition coefficient (Wildman–Crippen LogP) is 2.80. The summed E-state index contributed by atoms with van der Waals surface area (Å²) >= 11 is 0. The van der Waals surface area contributed by atoms with Gasteiger partial charge < -0.3 is 25.2 Å². The van der Waals surface area contributed by atoms with E-state index in [4.69, 9.17) is 4.74 Å². The minimum atomic E-state index is -0.968. The van der Waals surface area contributed by atoms with E-state index in [-0.39, 0.29) is 17.9 Å². The second-order valence-corrected chi connectivity index (χ2v) is 9.18. The van der Waals surface area contributed by atoms with E-state index in [1.807, 2.05) is 6.07 Å². The Morgan fingerprint density at radius 2 is 1.94 bits per heavy atom. The number of aliphatic hydroxyl groups excluding tert-OH is 1. The molecule has 0 saturated carbocycles. The van der Waals surface area contributed by atoms with E-state index >= 15 is 0 Å². The molecule has 3 aliphatic rings. The Kier molecular flexibility index (Phi) is 5.75. The van der Waals surface area contributed by atoms with Crippen LogP contribution in [0.25, 0.3) is 0 Å². The van der Waals surface area contributed by atoms with Crippen LogP contribution < -0.4 is 5.32 Å². The summed E-state index contributed by atoms with van der Waals surface area (Å²) in [6.45, 7) is 2.87. The molecule has 3 aliphatic heterocycles. The number of amides is 1. The van der Waals surface area contributed by atoms with E-state index in [9.17, 15) is 19.4 Å². The molecule has 0 aliphatic carbocycles. The number of hydrogen-bond acceptors (Lipinski definition) is 5. The maximum atomic E-state index is 15.0. The molecule has 3 heterocycles. The molecule has 3 N–H and O–H groups in total. The first kappa shape index (κ1) is 21.5. The van der Waals surface area contributed by atoms with Crippen molar-refractivity contribution in [2.45, 2.75) is 50.4 Å². The van der Waals surface area contributed by atoms with Crippen LogP contribution in [0.1, 0.15) is 53.2 Å². The van der Waals surface area contributed by atoms with Crippen molar-refractivity contribution in [2.75, 3.05) is 31.6 Å². The van der Waals surface area contributed by atoms with Gasteiger partial charge >= 0.3 is 0 Å². The Hall–Kier alpha value is -2.32. The third-order valence-electron chi connectivity index (χ3n) is 7.14. The highest BCUT2D eigenvalue weighted by atomic mass is 19.1. The van der Waals surface area contributed by atoms with Crippen molar-refractivity contribution >= 4 is 11.6 Å². The van der Waals surface area contributed by atoms with Crippen LogP contribution >= 0.6 is 0 Å². The van der Waals surface area contributed by atoms with Crippen molar-refractivity contribution < 1.29 is 24.1 Å². The highest BCUT2D eigenvalue weighted by Gasteiger charge is 2.35. The smallest absolute Gasteiger partial charge is 0.224 e. The van der Waals surface area contributed by atoms with Crippen LogP contribution in [0.5, 0.6) is 0 Å². The number of likely N-dealkylation sites (tertiary alicyclic amines) is 1. The number of benzene rings is 2. The van der Waals surface area contributed by atoms with Gasteiger partial charge in [-0.25, -0.2) is 4.39 Å². The summed E-state index contributed by atoms with van der Waals surface area (Å²) in [6, 6.07) is 9.42. The molecular formula is C25H29FN2O4. The lowest BCUT2D eigenvalue weighted by Gasteiger charge is -2.39. The lowest BCUT2D eigenvalue weighted by molar-refractivity contribution is -0.116. The zero-order chi connectivity index (χ0) is 22.3. The molecule has 0 bridgehead atoms. The van der Waals surface area contributed by atoms with Gasteiger partial charge in [0.25, 0.3) is 0 Å². The van der Waals surface area contributed by atoms with Crippen molar-refractivity contribution in [1.29, 1.82) is 0 Å². The number of rotatable bonds is 4. The first-order chi connectivity index (χ1) is 15.4. The van der Waals surface area contributed by atoms with Crippen molar-refractivity contribution in [3.05, 3.63) is 64.0 Å². The Morgan fingerprint density at radius 1 is 1.12 bits per heavy atom. The number of fused-ring (bicyclic) bond motifs is 2. The molecule has 1 amide bonds. The van der Waals surface area contributed by atoms with E-state index < -0.39 is 17.5 Å². The molecule has 2 aromatic carbocycles. The average molecular weight is 441 g/mol. The number of carbonyl (C=O) groups is 1. The van der Waals surface area contributed by atoms with Crippen LogP contribution in [0.2, 0.25) is 0 Å². The minimum absolute atomic E-state index is 0.113. The number of anilines is 1. The van der Waals surface area contributed by atoms with Crippen LogP contribution in [0, 0.1) is 5.82 Å². The van der Waals surface area contributed by atoms with Gasteiger partial charge in [-0.15, -0.1) is 0 Å². The van der Waals surface area contributed by atoms with Gasteiger partial charge in [-0.2, -0.15) is 0 Å². The Balaban J connectivity index is 1.24. The Labute approximate surface area is 187 Å². The van der Waals surface area contributed by atoms with Crippen molar-refractivity contribution in [3.8, 4) is 0 Å². The normalized spacial score (nSPS) is 21.4. The van der Waals surface area contributed by atoms with E-state index in [1.54, 1.807) is 12.1 Å². The second-order valence-electron chi connectivity index (χ2n) is 9.18. The first-order valence-corrected chi connectivity index (χ1v) is 11.4. The molecule has 1 fully saturated rings. The number of aliphatic hydroxyl groups is 2. The molecule has 6 nitrogen and oxygen atoms in total. The largest absolute Gasteiger partial charge is 0.387 e. The zero-order valence-electron chi connectivity index (χ0n) is 18.1. The molecule has 1 atom stereocenters. The number of piperidine rings is 1. The fourth-order valence-electron chi connectivity index (χ4n) is 5.10. The SMILES string of the molecule is O=C1CCc2c(ccc(C(O)CN3CCC(O)(c4ccc5c(c4)COCC5)CC3)c2F)N1. The Bertz CT molecular complexity index is 1030. The quantitative estimate of drug-likeness (QED) is 0.681. The van der Waals surface area contributed by atoms with Gasteiger partial charge in [0.05, 0.1) is 24.9 Å². The summed E-state index contributed by atoms with van der Waals surface area (Å²) in [6.07, 6.45) is 1.64. The van der Waals surface area contributed by atoms with Crippen molar-refractivity contribution in [1.82, 2.24) is 4.90 Å². The topological polar surface area (TPSA) is 82.0 Å². The van der Waals surface area contributed by atoms with Gasteiger partial charge in [0.15, 0.2) is 0 Å². The molecule has 0 radical (unpaired) electrons. The third-order valence-corrected chi connectivity index (χ3v) is 7.14. The second kappa shape index (κ2) is 8.56. The highest BCUT2D eigenvalue weighted by molar-refractivity contribution is 5.94. The number of halogens is 1. The number of nitrogens with zero attached hydrogens (tertiary/aromatic N) is 1. The fraction of sp³-hybridized carbons (Fsp3) is 0.480. The third kappa shape index (κ3) is 4.06. The van der Waals surface area contributed by atoms with Gasteiger partial charge in [0.2, 0.25) is 5.91 Å². The van der Waals surface area contributed by atoms with E-state index in [0.717, 1.165) is 24.2 Å². The van der Waals surface area contributed by atoms with Crippen molar-refractivity contribution in [2.24, 2.45) is 0 Å². The summed E-state index contributed by atoms with van der Waals surface area (Å²) in [5, 5.41) is 24.7. The standard InChI is InChI=1S/C25H29FN2O4/c26-24-19-4-6-23(30)27-21(19)5-3-20(24)22(29)14-28-10-8-25(31,9-11-28)18-2-1-16-7-12-32-15-17(16)13-18/h1-3,5,13,22,29,31H,4,6-12,14-15H2,(H,27,30). The molecule has 7 heteroatoms. The molecule has 32 heavy (non-hydrogen) atoms. The molecule has 0 aromatic heterocycles. The monoisotopic (exact) mass is 440 g/mol. The van der Waals surface area contributed by atoms with Gasteiger partial charge in [0, 0.05) is 42.9 Å². The van der Waals surface area contributed by atoms with Crippen LogP contribution in [0.3, 0.4) is 0 Å². The number of carbonyl (C=O) groups excluding carboxylic acids is 1. The van der Waals surface area contributed by atoms with Gasteiger partial charge in [0.1, 0.15) is 5.82 Å². The summed E-state index contributed by atoms with van der Waals surface area (Å²) in [4.78, 5) is 13.6. The molecular weight excluding hydrogens is 411 g/mol. The maximum Gasteiger partial charge on any atom is 0.224 e. The average Bonchev–Trinajstić information content (AvgIpc) is 2.80. The number of nitrogens with one attached hydrogen (secondary N) is 1. The van der Waals surface area contributed by atoms with Crippen LogP contribution in [-0.4, -0.2) is 47.3 Å². The highest BCUT2D eigenvalue weighted by Crippen LogP contribution is 2.36. The number of hydrogen-bond donors (Lipinski definition) is 3.